The molecule has 0 saturated heterocycles. The van der Waals surface area contributed by atoms with Crippen molar-refractivity contribution in [2.75, 3.05) is 5.75 Å². The lowest BCUT2D eigenvalue weighted by molar-refractivity contribution is -0.137. The van der Waals surface area contributed by atoms with Crippen LogP contribution in [-0.4, -0.2) is 16.8 Å². The zero-order valence-corrected chi connectivity index (χ0v) is 18.7. The maximum absolute atomic E-state index is 11.1. The summed E-state index contributed by atoms with van der Waals surface area (Å²) in [5.74, 6) is 1.06. The summed E-state index contributed by atoms with van der Waals surface area (Å²) in [6.07, 6.45) is 2.24. The molecular weight excluding hydrogens is 404 g/mol. The molecule has 0 amide bonds. The highest BCUT2D eigenvalue weighted by Gasteiger charge is 2.29. The quantitative estimate of drug-likeness (QED) is 0.489. The third-order valence-corrected chi connectivity index (χ3v) is 7.76. The van der Waals surface area contributed by atoms with Gasteiger partial charge in [0.15, 0.2) is 0 Å². The zero-order valence-electron chi connectivity index (χ0n) is 17.9. The van der Waals surface area contributed by atoms with Gasteiger partial charge < -0.3 is 9.84 Å². The average Bonchev–Trinajstić information content (AvgIpc) is 3.32. The molecule has 1 N–H and O–H groups in total. The number of rotatable bonds is 5. The number of fused-ring (bicyclic) bond motifs is 2. The van der Waals surface area contributed by atoms with E-state index in [-0.39, 0.29) is 18.4 Å². The van der Waals surface area contributed by atoms with Gasteiger partial charge in [-0.3, -0.25) is 4.79 Å². The fraction of sp³-hybridized carbons (Fsp3) is 0.296. The highest BCUT2D eigenvalue weighted by Crippen LogP contribution is 2.45. The number of carbonyl (C=O) groups is 1. The topological polar surface area (TPSA) is 46.5 Å². The third-order valence-electron chi connectivity index (χ3n) is 6.53. The molecule has 1 unspecified atom stereocenters. The maximum atomic E-state index is 11.1. The fourth-order valence-electron chi connectivity index (χ4n) is 5.09. The highest BCUT2D eigenvalue weighted by molar-refractivity contribution is 7.99. The van der Waals surface area contributed by atoms with Crippen LogP contribution in [0.15, 0.2) is 59.5 Å². The van der Waals surface area contributed by atoms with Gasteiger partial charge in [-0.05, 0) is 77.8 Å². The Morgan fingerprint density at radius 3 is 2.61 bits per heavy atom. The summed E-state index contributed by atoms with van der Waals surface area (Å²) in [7, 11) is 0. The molecule has 3 aromatic carbocycles. The SMILES string of the molecule is Cc1cccc(C)c1-c1cccc2c1CCC2Oc1ccc2c(c1)SC[C@H]2CC(=O)O. The van der Waals surface area contributed by atoms with Gasteiger partial charge >= 0.3 is 5.97 Å². The lowest BCUT2D eigenvalue weighted by atomic mass is 9.91. The van der Waals surface area contributed by atoms with Crippen LogP contribution >= 0.6 is 11.8 Å². The van der Waals surface area contributed by atoms with E-state index in [9.17, 15) is 4.79 Å². The van der Waals surface area contributed by atoms with E-state index in [1.807, 2.05) is 6.07 Å². The predicted octanol–water partition coefficient (Wildman–Crippen LogP) is 6.70. The molecule has 3 nitrogen and oxygen atoms in total. The fourth-order valence-corrected chi connectivity index (χ4v) is 6.37. The molecule has 1 heterocycles. The lowest BCUT2D eigenvalue weighted by Gasteiger charge is -2.18. The Morgan fingerprint density at radius 1 is 1.06 bits per heavy atom. The maximum Gasteiger partial charge on any atom is 0.303 e. The number of aryl methyl sites for hydroxylation is 2. The minimum atomic E-state index is -0.735. The largest absolute Gasteiger partial charge is 0.486 e. The summed E-state index contributed by atoms with van der Waals surface area (Å²) in [5, 5.41) is 9.14. The van der Waals surface area contributed by atoms with Gasteiger partial charge in [0, 0.05) is 16.6 Å². The van der Waals surface area contributed by atoms with Crippen LogP contribution < -0.4 is 4.74 Å². The number of hydrogen-bond donors (Lipinski definition) is 1. The number of carboxylic acid groups (broad SMARTS) is 1. The van der Waals surface area contributed by atoms with Crippen molar-refractivity contribution in [3.63, 3.8) is 0 Å². The number of hydrogen-bond acceptors (Lipinski definition) is 3. The molecule has 0 spiro atoms. The number of ether oxygens (including phenoxy) is 1. The molecule has 2 aliphatic rings. The minimum Gasteiger partial charge on any atom is -0.486 e. The Bertz CT molecular complexity index is 1150. The molecule has 0 bridgehead atoms. The summed E-state index contributed by atoms with van der Waals surface area (Å²) < 4.78 is 6.47. The number of thioether (sulfide) groups is 1. The molecule has 2 atom stereocenters. The van der Waals surface area contributed by atoms with Gasteiger partial charge in [0.2, 0.25) is 0 Å². The number of carboxylic acids is 1. The standard InChI is InChI=1S/C27H26O3S/c1-16-5-3-6-17(2)27(16)23-8-4-7-22-21(23)11-12-24(22)30-19-9-10-20-18(13-26(28)29)15-31-25(20)14-19/h3-10,14,18,24H,11-13,15H2,1-2H3,(H,28,29)/t18-,24?/m1/s1. The Kier molecular flexibility index (Phi) is 5.27. The molecule has 5 rings (SSSR count). The van der Waals surface area contributed by atoms with Gasteiger partial charge in [0.1, 0.15) is 11.9 Å². The van der Waals surface area contributed by atoms with Crippen molar-refractivity contribution in [3.8, 4) is 16.9 Å². The monoisotopic (exact) mass is 430 g/mol. The first kappa shape index (κ1) is 20.2. The normalized spacial score (nSPS) is 19.2. The predicted molar refractivity (Wildman–Crippen MR) is 125 cm³/mol. The average molecular weight is 431 g/mol. The van der Waals surface area contributed by atoms with Crippen LogP contribution in [0.1, 0.15) is 52.7 Å². The van der Waals surface area contributed by atoms with Crippen molar-refractivity contribution in [1.82, 2.24) is 0 Å². The smallest absolute Gasteiger partial charge is 0.303 e. The number of benzene rings is 3. The molecule has 0 radical (unpaired) electrons. The van der Waals surface area contributed by atoms with Crippen LogP contribution in [0.25, 0.3) is 11.1 Å². The van der Waals surface area contributed by atoms with Crippen molar-refractivity contribution in [2.45, 2.75) is 50.0 Å². The van der Waals surface area contributed by atoms with Crippen molar-refractivity contribution in [3.05, 3.63) is 82.4 Å². The second-order valence-corrected chi connectivity index (χ2v) is 9.65. The summed E-state index contributed by atoms with van der Waals surface area (Å²) in [4.78, 5) is 12.3. The summed E-state index contributed by atoms with van der Waals surface area (Å²) in [6, 6.07) is 19.2. The summed E-state index contributed by atoms with van der Waals surface area (Å²) >= 11 is 1.74. The summed E-state index contributed by atoms with van der Waals surface area (Å²) in [6.45, 7) is 4.37. The molecule has 4 heteroatoms. The third kappa shape index (κ3) is 3.74. The first-order valence-electron chi connectivity index (χ1n) is 10.8. The van der Waals surface area contributed by atoms with Crippen LogP contribution in [0.5, 0.6) is 5.75 Å². The second-order valence-electron chi connectivity index (χ2n) is 8.59. The first-order chi connectivity index (χ1) is 15.0. The van der Waals surface area contributed by atoms with E-state index in [1.165, 1.54) is 33.4 Å². The van der Waals surface area contributed by atoms with Crippen LogP contribution in [0.4, 0.5) is 0 Å². The van der Waals surface area contributed by atoms with Gasteiger partial charge in [0.25, 0.3) is 0 Å². The van der Waals surface area contributed by atoms with Gasteiger partial charge in [-0.2, -0.15) is 0 Å². The summed E-state index contributed by atoms with van der Waals surface area (Å²) in [5.41, 5.74) is 9.13. The lowest BCUT2D eigenvalue weighted by Crippen LogP contribution is -2.06. The molecular formula is C27H26O3S. The second kappa shape index (κ2) is 8.08. The van der Waals surface area contributed by atoms with Crippen LogP contribution in [0.3, 0.4) is 0 Å². The Labute approximate surface area is 187 Å². The Morgan fingerprint density at radius 2 is 1.84 bits per heavy atom. The van der Waals surface area contributed by atoms with Gasteiger partial charge in [-0.1, -0.05) is 42.5 Å². The van der Waals surface area contributed by atoms with E-state index < -0.39 is 5.97 Å². The molecule has 3 aromatic rings. The molecule has 0 fully saturated rings. The van der Waals surface area contributed by atoms with Crippen LogP contribution in [-0.2, 0) is 11.2 Å². The van der Waals surface area contributed by atoms with Crippen molar-refractivity contribution in [2.24, 2.45) is 0 Å². The molecule has 31 heavy (non-hydrogen) atoms. The molecule has 0 aromatic heterocycles. The van der Waals surface area contributed by atoms with Gasteiger partial charge in [-0.15, -0.1) is 11.8 Å². The van der Waals surface area contributed by atoms with E-state index in [4.69, 9.17) is 9.84 Å². The van der Waals surface area contributed by atoms with Gasteiger partial charge in [-0.25, -0.2) is 0 Å². The molecule has 0 saturated carbocycles. The number of aliphatic carboxylic acids is 1. The van der Waals surface area contributed by atoms with Crippen LogP contribution in [0, 0.1) is 13.8 Å². The van der Waals surface area contributed by atoms with E-state index >= 15 is 0 Å². The van der Waals surface area contributed by atoms with E-state index in [0.717, 1.165) is 34.8 Å². The molecule has 1 aliphatic heterocycles. The zero-order chi connectivity index (χ0) is 21.5. The Hall–Kier alpha value is -2.72. The molecule has 158 valence electrons. The van der Waals surface area contributed by atoms with Crippen LogP contribution in [0.2, 0.25) is 0 Å². The van der Waals surface area contributed by atoms with E-state index in [1.54, 1.807) is 11.8 Å². The first-order valence-corrected chi connectivity index (χ1v) is 11.8. The van der Waals surface area contributed by atoms with Crippen molar-refractivity contribution in [1.29, 1.82) is 0 Å². The highest BCUT2D eigenvalue weighted by atomic mass is 32.2. The van der Waals surface area contributed by atoms with Gasteiger partial charge in [0.05, 0.1) is 6.42 Å². The van der Waals surface area contributed by atoms with E-state index in [0.29, 0.717) is 0 Å². The van der Waals surface area contributed by atoms with Crippen molar-refractivity contribution < 1.29 is 14.6 Å². The van der Waals surface area contributed by atoms with Crippen molar-refractivity contribution >= 4 is 17.7 Å². The molecule has 1 aliphatic carbocycles. The Balaban J connectivity index is 1.42. The van der Waals surface area contributed by atoms with E-state index in [2.05, 4.69) is 62.4 Å². The minimum absolute atomic E-state index is 0.0542.